The fourth-order valence-corrected chi connectivity index (χ4v) is 2.61. The molecule has 2 N–H and O–H groups in total. The molecule has 1 saturated heterocycles. The minimum Gasteiger partial charge on any atom is -0.377 e. The third-order valence-corrected chi connectivity index (χ3v) is 3.73. The third kappa shape index (κ3) is 3.90. The first-order chi connectivity index (χ1) is 10.0. The van der Waals surface area contributed by atoms with E-state index in [1.807, 2.05) is 13.8 Å². The van der Waals surface area contributed by atoms with Gasteiger partial charge in [-0.2, -0.15) is 5.10 Å². The number of halogens is 2. The van der Waals surface area contributed by atoms with Gasteiger partial charge in [0.2, 0.25) is 0 Å². The predicted molar refractivity (Wildman–Crippen MR) is 81.5 cm³/mol. The number of hydrogen-bond acceptors (Lipinski definition) is 3. The molecule has 0 spiro atoms. The summed E-state index contributed by atoms with van der Waals surface area (Å²) in [5, 5.41) is 9.90. The van der Waals surface area contributed by atoms with Crippen molar-refractivity contribution in [2.45, 2.75) is 19.9 Å². The largest absolute Gasteiger partial charge is 0.377 e. The molecule has 1 aromatic rings. The van der Waals surface area contributed by atoms with Crippen LogP contribution in [0.15, 0.2) is 10.6 Å². The van der Waals surface area contributed by atoms with Crippen LogP contribution < -0.4 is 5.32 Å². The lowest BCUT2D eigenvalue weighted by molar-refractivity contribution is 0.0114. The summed E-state index contributed by atoms with van der Waals surface area (Å²) in [6.45, 7) is 5.65. The molecular weight excluding hydrogens is 315 g/mol. The molecule has 0 aliphatic carbocycles. The van der Waals surface area contributed by atoms with Gasteiger partial charge in [0.1, 0.15) is 4.49 Å². The van der Waals surface area contributed by atoms with Gasteiger partial charge in [-0.1, -0.05) is 23.2 Å². The number of aromatic amines is 1. The van der Waals surface area contributed by atoms with E-state index in [0.29, 0.717) is 19.8 Å². The number of morpholine rings is 1. The summed E-state index contributed by atoms with van der Waals surface area (Å²) in [5.41, 5.74) is 2.84. The lowest BCUT2D eigenvalue weighted by atomic mass is 10.0. The van der Waals surface area contributed by atoms with Crippen LogP contribution in [0.4, 0.5) is 4.79 Å². The van der Waals surface area contributed by atoms with E-state index in [4.69, 9.17) is 27.9 Å². The average Bonchev–Trinajstić information content (AvgIpc) is 2.77. The van der Waals surface area contributed by atoms with Crippen molar-refractivity contribution >= 4 is 29.2 Å². The number of ether oxygens (including phenoxy) is 1. The molecule has 1 aliphatic rings. The Hall–Kier alpha value is -1.24. The first-order valence-corrected chi connectivity index (χ1v) is 7.41. The van der Waals surface area contributed by atoms with Crippen molar-refractivity contribution in [2.75, 3.05) is 26.3 Å². The van der Waals surface area contributed by atoms with Crippen molar-refractivity contribution < 1.29 is 9.53 Å². The highest BCUT2D eigenvalue weighted by atomic mass is 35.5. The fraction of sp³-hybridized carbons (Fsp3) is 0.538. The zero-order valence-corrected chi connectivity index (χ0v) is 13.5. The zero-order valence-electron chi connectivity index (χ0n) is 11.9. The van der Waals surface area contributed by atoms with E-state index in [-0.39, 0.29) is 23.1 Å². The summed E-state index contributed by atoms with van der Waals surface area (Å²) < 4.78 is 5.66. The Labute approximate surface area is 133 Å². The summed E-state index contributed by atoms with van der Waals surface area (Å²) in [6.07, 6.45) is 1.53. The van der Waals surface area contributed by atoms with Gasteiger partial charge in [-0.25, -0.2) is 4.79 Å². The zero-order chi connectivity index (χ0) is 15.4. The SMILES string of the molecule is Cc1n[nH]c(C)c1C1COCCN1C(=O)NCC=C(Cl)Cl. The topological polar surface area (TPSA) is 70.2 Å². The second kappa shape index (κ2) is 7.15. The molecule has 21 heavy (non-hydrogen) atoms. The van der Waals surface area contributed by atoms with E-state index in [2.05, 4.69) is 15.5 Å². The Morgan fingerprint density at radius 2 is 2.33 bits per heavy atom. The van der Waals surface area contributed by atoms with Crippen molar-refractivity contribution in [2.24, 2.45) is 0 Å². The highest BCUT2D eigenvalue weighted by Gasteiger charge is 2.31. The minimum atomic E-state index is -0.172. The van der Waals surface area contributed by atoms with E-state index < -0.39 is 0 Å². The smallest absolute Gasteiger partial charge is 0.318 e. The number of aryl methyl sites for hydroxylation is 2. The van der Waals surface area contributed by atoms with E-state index in [1.165, 1.54) is 6.08 Å². The lowest BCUT2D eigenvalue weighted by Gasteiger charge is -2.35. The highest BCUT2D eigenvalue weighted by Crippen LogP contribution is 2.28. The molecule has 0 saturated carbocycles. The Bertz CT molecular complexity index is 521. The number of rotatable bonds is 3. The average molecular weight is 333 g/mol. The molecule has 0 radical (unpaired) electrons. The summed E-state index contributed by atoms with van der Waals surface area (Å²) in [6, 6.07) is -0.318. The van der Waals surface area contributed by atoms with E-state index in [9.17, 15) is 4.79 Å². The summed E-state index contributed by atoms with van der Waals surface area (Å²) >= 11 is 11.1. The van der Waals surface area contributed by atoms with Gasteiger partial charge in [-0.3, -0.25) is 5.10 Å². The van der Waals surface area contributed by atoms with Crippen LogP contribution in [-0.2, 0) is 4.74 Å². The first-order valence-electron chi connectivity index (χ1n) is 6.65. The van der Waals surface area contributed by atoms with E-state index in [0.717, 1.165) is 17.0 Å². The number of carbonyl (C=O) groups is 1. The second-order valence-electron chi connectivity index (χ2n) is 4.81. The van der Waals surface area contributed by atoms with Crippen molar-refractivity contribution in [1.82, 2.24) is 20.4 Å². The molecule has 1 unspecified atom stereocenters. The molecule has 1 aliphatic heterocycles. The molecular formula is C13H18Cl2N4O2. The Morgan fingerprint density at radius 3 is 2.95 bits per heavy atom. The quantitative estimate of drug-likeness (QED) is 0.892. The fourth-order valence-electron chi connectivity index (χ4n) is 2.45. The van der Waals surface area contributed by atoms with Crippen LogP contribution in [0.5, 0.6) is 0 Å². The van der Waals surface area contributed by atoms with Crippen LogP contribution in [0.3, 0.4) is 0 Å². The lowest BCUT2D eigenvalue weighted by Crippen LogP contribution is -2.48. The van der Waals surface area contributed by atoms with Gasteiger partial charge in [-0.05, 0) is 19.9 Å². The Balaban J connectivity index is 2.12. The van der Waals surface area contributed by atoms with Gasteiger partial charge < -0.3 is 15.0 Å². The Morgan fingerprint density at radius 1 is 1.57 bits per heavy atom. The summed E-state index contributed by atoms with van der Waals surface area (Å²) in [4.78, 5) is 14.1. The van der Waals surface area contributed by atoms with E-state index >= 15 is 0 Å². The Kier molecular flexibility index (Phi) is 5.50. The van der Waals surface area contributed by atoms with Gasteiger partial charge >= 0.3 is 6.03 Å². The number of nitrogens with zero attached hydrogens (tertiary/aromatic N) is 2. The molecule has 1 aromatic heterocycles. The maximum absolute atomic E-state index is 12.3. The number of carbonyl (C=O) groups excluding carboxylic acids is 1. The maximum Gasteiger partial charge on any atom is 0.318 e. The molecule has 2 heterocycles. The van der Waals surface area contributed by atoms with Gasteiger partial charge in [0.05, 0.1) is 24.9 Å². The van der Waals surface area contributed by atoms with Crippen LogP contribution in [-0.4, -0.2) is 47.4 Å². The molecule has 0 aromatic carbocycles. The summed E-state index contributed by atoms with van der Waals surface area (Å²) in [5.74, 6) is 0. The van der Waals surface area contributed by atoms with Gasteiger partial charge in [0.25, 0.3) is 0 Å². The number of urea groups is 1. The van der Waals surface area contributed by atoms with Gasteiger partial charge in [-0.15, -0.1) is 0 Å². The number of H-pyrrole nitrogens is 1. The molecule has 1 fully saturated rings. The number of hydrogen-bond donors (Lipinski definition) is 2. The molecule has 116 valence electrons. The van der Waals surface area contributed by atoms with Gasteiger partial charge in [0.15, 0.2) is 0 Å². The van der Waals surface area contributed by atoms with Crippen molar-refractivity contribution in [3.05, 3.63) is 27.5 Å². The molecule has 0 bridgehead atoms. The van der Waals surface area contributed by atoms with Crippen LogP contribution in [0, 0.1) is 13.8 Å². The first kappa shape index (κ1) is 16.1. The monoisotopic (exact) mass is 332 g/mol. The number of nitrogens with one attached hydrogen (secondary N) is 2. The van der Waals surface area contributed by atoms with Crippen molar-refractivity contribution in [1.29, 1.82) is 0 Å². The van der Waals surface area contributed by atoms with Crippen LogP contribution in [0.2, 0.25) is 0 Å². The molecule has 2 amide bonds. The number of aromatic nitrogens is 2. The molecule has 1 atom stereocenters. The maximum atomic E-state index is 12.3. The normalized spacial score (nSPS) is 18.5. The number of amides is 2. The predicted octanol–water partition coefficient (Wildman–Crippen LogP) is 2.43. The summed E-state index contributed by atoms with van der Waals surface area (Å²) in [7, 11) is 0. The van der Waals surface area contributed by atoms with Crippen LogP contribution in [0.25, 0.3) is 0 Å². The second-order valence-corrected chi connectivity index (χ2v) is 5.82. The van der Waals surface area contributed by atoms with Crippen molar-refractivity contribution in [3.8, 4) is 0 Å². The highest BCUT2D eigenvalue weighted by molar-refractivity contribution is 6.55. The standard InChI is InChI=1S/C13H18Cl2N4O2/c1-8-12(9(2)18-17-8)10-7-21-6-5-19(10)13(20)16-4-3-11(14)15/h3,10H,4-7H2,1-2H3,(H,16,20)(H,17,18). The third-order valence-electron chi connectivity index (χ3n) is 3.42. The minimum absolute atomic E-state index is 0.135. The van der Waals surface area contributed by atoms with Gasteiger partial charge in [0, 0.05) is 24.3 Å². The van der Waals surface area contributed by atoms with E-state index in [1.54, 1.807) is 4.90 Å². The molecule has 8 heteroatoms. The van der Waals surface area contributed by atoms with Crippen LogP contribution in [0.1, 0.15) is 23.0 Å². The molecule has 2 rings (SSSR count). The van der Waals surface area contributed by atoms with Crippen LogP contribution >= 0.6 is 23.2 Å². The van der Waals surface area contributed by atoms with Crippen molar-refractivity contribution in [3.63, 3.8) is 0 Å². The molecule has 6 nitrogen and oxygen atoms in total.